The number of halogens is 1. The summed E-state index contributed by atoms with van der Waals surface area (Å²) in [6.07, 6.45) is 4.01. The average Bonchev–Trinajstić information content (AvgIpc) is 2.48. The monoisotopic (exact) mass is 234 g/mol. The first-order chi connectivity index (χ1) is 6.70. The summed E-state index contributed by atoms with van der Waals surface area (Å²) in [4.78, 5) is 0. The number of hydrogen-bond acceptors (Lipinski definition) is 3. The molecule has 0 saturated carbocycles. The van der Waals surface area contributed by atoms with Crippen molar-refractivity contribution in [2.75, 3.05) is 12.0 Å². The highest BCUT2D eigenvalue weighted by molar-refractivity contribution is 7.98. The molecule has 14 heavy (non-hydrogen) atoms. The van der Waals surface area contributed by atoms with Crippen LogP contribution in [0.1, 0.15) is 25.1 Å². The molecule has 1 heterocycles. The summed E-state index contributed by atoms with van der Waals surface area (Å²) in [6, 6.07) is 0. The molecule has 1 atom stereocenters. The highest BCUT2D eigenvalue weighted by Crippen LogP contribution is 2.24. The second-order valence-electron chi connectivity index (χ2n) is 3.07. The molecule has 1 unspecified atom stereocenters. The Balaban J connectivity index is 2.86. The van der Waals surface area contributed by atoms with E-state index in [4.69, 9.17) is 11.6 Å². The zero-order valence-electron chi connectivity index (χ0n) is 8.40. The van der Waals surface area contributed by atoms with E-state index in [1.807, 2.05) is 6.26 Å². The van der Waals surface area contributed by atoms with Gasteiger partial charge >= 0.3 is 0 Å². The fraction of sp³-hybridized carbons (Fsp3) is 0.667. The van der Waals surface area contributed by atoms with Gasteiger partial charge in [-0.25, -0.2) is 0 Å². The van der Waals surface area contributed by atoms with Crippen molar-refractivity contribution in [2.24, 2.45) is 0 Å². The number of thioether (sulfide) groups is 1. The zero-order valence-corrected chi connectivity index (χ0v) is 9.98. The molecule has 0 radical (unpaired) electrons. The Morgan fingerprint density at radius 1 is 1.71 bits per heavy atom. The predicted molar refractivity (Wildman–Crippen MR) is 60.9 cm³/mol. The first-order valence-corrected chi connectivity index (χ1v) is 6.36. The fourth-order valence-corrected chi connectivity index (χ4v) is 2.07. The van der Waals surface area contributed by atoms with Gasteiger partial charge in [-0.3, -0.25) is 4.68 Å². The van der Waals surface area contributed by atoms with Crippen molar-refractivity contribution in [3.05, 3.63) is 16.9 Å². The van der Waals surface area contributed by atoms with Gasteiger partial charge in [0.2, 0.25) is 0 Å². The van der Waals surface area contributed by atoms with Crippen LogP contribution < -0.4 is 0 Å². The maximum Gasteiger partial charge on any atom is 0.106 e. The van der Waals surface area contributed by atoms with Crippen molar-refractivity contribution in [1.82, 2.24) is 9.78 Å². The van der Waals surface area contributed by atoms with Crippen molar-refractivity contribution >= 4 is 23.4 Å². The predicted octanol–water partition coefficient (Wildman–Crippen LogP) is 2.34. The number of aryl methyl sites for hydroxylation is 1. The minimum absolute atomic E-state index is 0.522. The molecule has 1 aromatic rings. The molecule has 0 aromatic carbocycles. The van der Waals surface area contributed by atoms with E-state index in [9.17, 15) is 5.11 Å². The van der Waals surface area contributed by atoms with Crippen LogP contribution in [0.4, 0.5) is 0 Å². The number of rotatable bonds is 5. The van der Waals surface area contributed by atoms with Gasteiger partial charge in [-0.2, -0.15) is 16.9 Å². The summed E-state index contributed by atoms with van der Waals surface area (Å²) >= 11 is 7.55. The second-order valence-corrected chi connectivity index (χ2v) is 4.39. The molecule has 0 spiro atoms. The lowest BCUT2D eigenvalue weighted by Crippen LogP contribution is -2.11. The van der Waals surface area contributed by atoms with Crippen LogP contribution in [-0.4, -0.2) is 26.9 Å². The molecule has 80 valence electrons. The van der Waals surface area contributed by atoms with Crippen LogP contribution in [0.5, 0.6) is 0 Å². The average molecular weight is 235 g/mol. The maximum absolute atomic E-state index is 9.83. The summed E-state index contributed by atoms with van der Waals surface area (Å²) in [6.45, 7) is 2.87. The molecule has 0 amide bonds. The number of hydrogen-bond donors (Lipinski definition) is 1. The molecule has 0 fully saturated rings. The third-order valence-electron chi connectivity index (χ3n) is 1.91. The molecule has 0 saturated heterocycles. The van der Waals surface area contributed by atoms with Gasteiger partial charge in [0.05, 0.1) is 16.9 Å². The molecule has 3 nitrogen and oxygen atoms in total. The number of aliphatic hydroxyl groups excluding tert-OH is 1. The Morgan fingerprint density at radius 2 is 2.43 bits per heavy atom. The number of nitrogens with zero attached hydrogens (tertiary/aromatic N) is 2. The fourth-order valence-electron chi connectivity index (χ4n) is 1.33. The minimum Gasteiger partial charge on any atom is -0.386 e. The van der Waals surface area contributed by atoms with Gasteiger partial charge in [-0.1, -0.05) is 18.5 Å². The Labute approximate surface area is 93.4 Å². The van der Waals surface area contributed by atoms with E-state index in [1.165, 1.54) is 0 Å². The van der Waals surface area contributed by atoms with Crippen LogP contribution in [0.3, 0.4) is 0 Å². The Hall–Kier alpha value is -0.190. The van der Waals surface area contributed by atoms with Gasteiger partial charge in [0.25, 0.3) is 0 Å². The second kappa shape index (κ2) is 5.63. The molecule has 1 N–H and O–H groups in total. The summed E-state index contributed by atoms with van der Waals surface area (Å²) < 4.78 is 1.78. The molecular weight excluding hydrogens is 220 g/mol. The maximum atomic E-state index is 9.83. The first-order valence-electron chi connectivity index (χ1n) is 4.58. The van der Waals surface area contributed by atoms with E-state index in [-0.39, 0.29) is 0 Å². The lowest BCUT2D eigenvalue weighted by molar-refractivity contribution is 0.191. The van der Waals surface area contributed by atoms with E-state index in [0.717, 1.165) is 18.7 Å². The molecular formula is C9H15ClN2OS. The molecule has 0 aliphatic rings. The van der Waals surface area contributed by atoms with Crippen LogP contribution >= 0.6 is 23.4 Å². The van der Waals surface area contributed by atoms with Gasteiger partial charge in [-0.05, 0) is 12.7 Å². The summed E-state index contributed by atoms with van der Waals surface area (Å²) in [5, 5.41) is 14.5. The smallest absolute Gasteiger partial charge is 0.106 e. The normalized spacial score (nSPS) is 13.1. The van der Waals surface area contributed by atoms with Crippen molar-refractivity contribution in [2.45, 2.75) is 26.0 Å². The summed E-state index contributed by atoms with van der Waals surface area (Å²) in [5.74, 6) is 0.648. The largest absolute Gasteiger partial charge is 0.386 e. The third kappa shape index (κ3) is 2.65. The highest BCUT2D eigenvalue weighted by atomic mass is 35.5. The topological polar surface area (TPSA) is 38.0 Å². The molecule has 1 aromatic heterocycles. The van der Waals surface area contributed by atoms with E-state index < -0.39 is 6.10 Å². The Bertz CT molecular complexity index is 290. The first kappa shape index (κ1) is 11.9. The zero-order chi connectivity index (χ0) is 10.6. The summed E-state index contributed by atoms with van der Waals surface area (Å²) in [5.41, 5.74) is 0.739. The molecule has 0 aliphatic carbocycles. The van der Waals surface area contributed by atoms with Gasteiger partial charge in [-0.15, -0.1) is 0 Å². The quantitative estimate of drug-likeness (QED) is 0.850. The van der Waals surface area contributed by atoms with Gasteiger partial charge in [0.1, 0.15) is 6.10 Å². The van der Waals surface area contributed by atoms with Crippen molar-refractivity contribution < 1.29 is 5.11 Å². The molecule has 0 aliphatic heterocycles. The van der Waals surface area contributed by atoms with Gasteiger partial charge < -0.3 is 5.11 Å². The van der Waals surface area contributed by atoms with Crippen molar-refractivity contribution in [1.29, 1.82) is 0 Å². The van der Waals surface area contributed by atoms with Crippen molar-refractivity contribution in [3.63, 3.8) is 0 Å². The number of aliphatic hydroxyl groups is 1. The SMILES string of the molecule is CCCn1ncc(Cl)c1C(O)CSC. The van der Waals surface area contributed by atoms with E-state index in [2.05, 4.69) is 12.0 Å². The third-order valence-corrected chi connectivity index (χ3v) is 2.85. The van der Waals surface area contributed by atoms with Crippen LogP contribution in [0.25, 0.3) is 0 Å². The van der Waals surface area contributed by atoms with Gasteiger partial charge in [0.15, 0.2) is 0 Å². The highest BCUT2D eigenvalue weighted by Gasteiger charge is 2.16. The lowest BCUT2D eigenvalue weighted by atomic mass is 10.3. The molecule has 0 bridgehead atoms. The van der Waals surface area contributed by atoms with E-state index >= 15 is 0 Å². The van der Waals surface area contributed by atoms with Crippen LogP contribution in [0, 0.1) is 0 Å². The molecule has 1 rings (SSSR count). The lowest BCUT2D eigenvalue weighted by Gasteiger charge is -2.12. The van der Waals surface area contributed by atoms with E-state index in [1.54, 1.807) is 22.6 Å². The van der Waals surface area contributed by atoms with Crippen LogP contribution in [-0.2, 0) is 6.54 Å². The van der Waals surface area contributed by atoms with Gasteiger partial charge in [0, 0.05) is 12.3 Å². The number of aromatic nitrogens is 2. The molecule has 5 heteroatoms. The van der Waals surface area contributed by atoms with Crippen molar-refractivity contribution in [3.8, 4) is 0 Å². The Morgan fingerprint density at radius 3 is 3.00 bits per heavy atom. The Kier molecular flexibility index (Phi) is 4.78. The summed E-state index contributed by atoms with van der Waals surface area (Å²) in [7, 11) is 0. The van der Waals surface area contributed by atoms with Crippen LogP contribution in [0.2, 0.25) is 5.02 Å². The van der Waals surface area contributed by atoms with Crippen LogP contribution in [0.15, 0.2) is 6.20 Å². The standard InChI is InChI=1S/C9H15ClN2OS/c1-3-4-12-9(7(10)5-11-12)8(13)6-14-2/h5,8,13H,3-4,6H2,1-2H3. The minimum atomic E-state index is -0.522. The van der Waals surface area contributed by atoms with E-state index in [0.29, 0.717) is 10.8 Å².